The molecule has 0 spiro atoms. The predicted molar refractivity (Wildman–Crippen MR) is 49.4 cm³/mol. The fourth-order valence-corrected chi connectivity index (χ4v) is 1.79. The molecule has 1 aromatic heterocycles. The van der Waals surface area contributed by atoms with Crippen LogP contribution in [0.25, 0.3) is 0 Å². The van der Waals surface area contributed by atoms with E-state index in [1.165, 1.54) is 0 Å². The Morgan fingerprint density at radius 2 is 2.50 bits per heavy atom. The first-order valence-electron chi connectivity index (χ1n) is 3.52. The Kier molecular flexibility index (Phi) is 1.97. The van der Waals surface area contributed by atoms with Crippen molar-refractivity contribution in [3.05, 3.63) is 18.3 Å². The van der Waals surface area contributed by atoms with Gasteiger partial charge in [0, 0.05) is 6.20 Å². The summed E-state index contributed by atoms with van der Waals surface area (Å²) >= 11 is 1.64. The quantitative estimate of drug-likeness (QED) is 0.455. The van der Waals surface area contributed by atoms with Crippen LogP contribution in [0.3, 0.4) is 0 Å². The summed E-state index contributed by atoms with van der Waals surface area (Å²) in [6.45, 7) is 0. The Bertz CT molecular complexity index is 323. The normalized spacial score (nSPS) is 14.9. The number of pyridine rings is 1. The average Bonchev–Trinajstić information content (AvgIpc) is 2.17. The first-order valence-corrected chi connectivity index (χ1v) is 4.50. The molecule has 4 nitrogen and oxygen atoms in total. The van der Waals surface area contributed by atoms with Gasteiger partial charge in [-0.2, -0.15) is 0 Å². The second kappa shape index (κ2) is 3.12. The van der Waals surface area contributed by atoms with Crippen LogP contribution < -0.4 is 11.3 Å². The van der Waals surface area contributed by atoms with E-state index in [4.69, 9.17) is 5.84 Å². The molecule has 62 valence electrons. The summed E-state index contributed by atoms with van der Waals surface area (Å²) in [5.41, 5.74) is 3.44. The standard InChI is InChI=1S/C7H8N4S/c8-11-6-4-12-7-5(10-6)2-1-3-9-7/h1-3H,4,8H2,(H,10,11). The molecule has 0 atom stereocenters. The zero-order valence-electron chi connectivity index (χ0n) is 6.32. The van der Waals surface area contributed by atoms with Crippen molar-refractivity contribution in [1.82, 2.24) is 10.4 Å². The lowest BCUT2D eigenvalue weighted by atomic mass is 10.4. The molecule has 2 rings (SSSR count). The van der Waals surface area contributed by atoms with Crippen molar-refractivity contribution in [2.75, 3.05) is 5.75 Å². The van der Waals surface area contributed by atoms with Crippen molar-refractivity contribution < 1.29 is 0 Å². The molecule has 0 amide bonds. The monoisotopic (exact) mass is 180 g/mol. The number of hydrazine groups is 1. The summed E-state index contributed by atoms with van der Waals surface area (Å²) in [4.78, 5) is 8.44. The van der Waals surface area contributed by atoms with Crippen LogP contribution in [-0.2, 0) is 0 Å². The molecule has 1 aliphatic heterocycles. The number of hydrogen-bond donors (Lipinski definition) is 2. The smallest absolute Gasteiger partial charge is 0.127 e. The van der Waals surface area contributed by atoms with E-state index in [0.29, 0.717) is 0 Å². The van der Waals surface area contributed by atoms with Crippen LogP contribution in [0.15, 0.2) is 28.3 Å². The summed E-state index contributed by atoms with van der Waals surface area (Å²) in [5.74, 6) is 6.80. The van der Waals surface area contributed by atoms with Gasteiger partial charge >= 0.3 is 0 Å². The van der Waals surface area contributed by atoms with Crippen molar-refractivity contribution in [2.24, 2.45) is 10.8 Å². The highest BCUT2D eigenvalue weighted by molar-refractivity contribution is 8.00. The molecule has 0 bridgehead atoms. The molecule has 1 aliphatic rings. The summed E-state index contributed by atoms with van der Waals surface area (Å²) < 4.78 is 0. The molecular formula is C7H8N4S. The zero-order valence-corrected chi connectivity index (χ0v) is 7.14. The molecule has 0 fully saturated rings. The van der Waals surface area contributed by atoms with Crippen LogP contribution in [0, 0.1) is 0 Å². The van der Waals surface area contributed by atoms with Crippen LogP contribution in [0.5, 0.6) is 0 Å². The van der Waals surface area contributed by atoms with E-state index in [9.17, 15) is 0 Å². The lowest BCUT2D eigenvalue weighted by Gasteiger charge is -2.12. The third-order valence-electron chi connectivity index (χ3n) is 1.52. The maximum Gasteiger partial charge on any atom is 0.127 e. The molecule has 1 aromatic rings. The fourth-order valence-electron chi connectivity index (χ4n) is 0.967. The zero-order chi connectivity index (χ0) is 8.39. The Morgan fingerprint density at radius 3 is 3.33 bits per heavy atom. The van der Waals surface area contributed by atoms with Crippen molar-refractivity contribution in [3.63, 3.8) is 0 Å². The van der Waals surface area contributed by atoms with Crippen molar-refractivity contribution >= 4 is 23.3 Å². The Morgan fingerprint density at radius 1 is 1.58 bits per heavy atom. The molecule has 0 radical (unpaired) electrons. The van der Waals surface area contributed by atoms with Gasteiger partial charge in [0.1, 0.15) is 10.9 Å². The molecule has 0 unspecified atom stereocenters. The van der Waals surface area contributed by atoms with Gasteiger partial charge in [-0.15, -0.1) is 0 Å². The number of hydrogen-bond acceptors (Lipinski definition) is 5. The molecule has 5 heteroatoms. The third-order valence-corrected chi connectivity index (χ3v) is 2.52. The van der Waals surface area contributed by atoms with Crippen molar-refractivity contribution in [2.45, 2.75) is 5.03 Å². The maximum absolute atomic E-state index is 5.25. The molecule has 0 aliphatic carbocycles. The number of aliphatic imine (C=N–C) groups is 1. The fraction of sp³-hybridized carbons (Fsp3) is 0.143. The number of nitrogens with zero attached hydrogens (tertiary/aromatic N) is 2. The number of rotatable bonds is 0. The molecular weight excluding hydrogens is 172 g/mol. The van der Waals surface area contributed by atoms with E-state index >= 15 is 0 Å². The summed E-state index contributed by atoms with van der Waals surface area (Å²) in [5, 5.41) is 0.969. The van der Waals surface area contributed by atoms with Gasteiger partial charge in [0.2, 0.25) is 0 Å². The van der Waals surface area contributed by atoms with E-state index in [0.717, 1.165) is 22.3 Å². The van der Waals surface area contributed by atoms with E-state index < -0.39 is 0 Å². The van der Waals surface area contributed by atoms with Gasteiger partial charge in [0.05, 0.1) is 11.4 Å². The van der Waals surface area contributed by atoms with E-state index in [-0.39, 0.29) is 0 Å². The van der Waals surface area contributed by atoms with Crippen LogP contribution >= 0.6 is 11.8 Å². The van der Waals surface area contributed by atoms with Crippen LogP contribution in [-0.4, -0.2) is 16.6 Å². The van der Waals surface area contributed by atoms with Gasteiger partial charge in [-0.1, -0.05) is 11.8 Å². The summed E-state index contributed by atoms with van der Waals surface area (Å²) in [6, 6.07) is 3.79. The van der Waals surface area contributed by atoms with Gasteiger partial charge in [0.25, 0.3) is 0 Å². The van der Waals surface area contributed by atoms with Crippen molar-refractivity contribution in [3.8, 4) is 0 Å². The van der Waals surface area contributed by atoms with Gasteiger partial charge in [-0.25, -0.2) is 15.8 Å². The molecule has 2 heterocycles. The highest BCUT2D eigenvalue weighted by Crippen LogP contribution is 2.30. The third kappa shape index (κ3) is 1.28. The number of aromatic nitrogens is 1. The van der Waals surface area contributed by atoms with Crippen molar-refractivity contribution in [1.29, 1.82) is 0 Å². The minimum atomic E-state index is 0.764. The SMILES string of the molecule is NNC1=Nc2cccnc2SC1. The van der Waals surface area contributed by atoms with Gasteiger partial charge in [-0.3, -0.25) is 0 Å². The molecule has 0 saturated heterocycles. The van der Waals surface area contributed by atoms with E-state index in [1.54, 1.807) is 18.0 Å². The first-order chi connectivity index (χ1) is 5.90. The number of thioether (sulfide) groups is 1. The summed E-state index contributed by atoms with van der Waals surface area (Å²) in [7, 11) is 0. The number of nitrogens with one attached hydrogen (secondary N) is 1. The molecule has 0 saturated carbocycles. The van der Waals surface area contributed by atoms with Crippen LogP contribution in [0.4, 0.5) is 5.69 Å². The lowest BCUT2D eigenvalue weighted by Crippen LogP contribution is -2.32. The minimum Gasteiger partial charge on any atom is -0.311 e. The highest BCUT2D eigenvalue weighted by atomic mass is 32.2. The molecule has 3 N–H and O–H groups in total. The maximum atomic E-state index is 5.25. The summed E-state index contributed by atoms with van der Waals surface area (Å²) in [6.07, 6.45) is 1.77. The largest absolute Gasteiger partial charge is 0.311 e. The van der Waals surface area contributed by atoms with E-state index in [1.807, 2.05) is 12.1 Å². The van der Waals surface area contributed by atoms with Gasteiger partial charge < -0.3 is 5.43 Å². The Hall–Kier alpha value is -1.07. The Balaban J connectivity index is 2.41. The first kappa shape index (κ1) is 7.57. The van der Waals surface area contributed by atoms with Gasteiger partial charge in [-0.05, 0) is 12.1 Å². The second-order valence-corrected chi connectivity index (χ2v) is 3.28. The average molecular weight is 180 g/mol. The van der Waals surface area contributed by atoms with E-state index in [2.05, 4.69) is 15.4 Å². The Labute approximate surface area is 74.3 Å². The minimum absolute atomic E-state index is 0.764. The van der Waals surface area contributed by atoms with Gasteiger partial charge in [0.15, 0.2) is 0 Å². The lowest BCUT2D eigenvalue weighted by molar-refractivity contribution is 1.00. The molecule has 0 aromatic carbocycles. The molecule has 12 heavy (non-hydrogen) atoms. The van der Waals surface area contributed by atoms with Crippen LogP contribution in [0.1, 0.15) is 0 Å². The van der Waals surface area contributed by atoms with Crippen LogP contribution in [0.2, 0.25) is 0 Å². The number of fused-ring (bicyclic) bond motifs is 1. The number of amidine groups is 1. The predicted octanol–water partition coefficient (Wildman–Crippen LogP) is 0.681. The number of nitrogens with two attached hydrogens (primary N) is 1. The highest BCUT2D eigenvalue weighted by Gasteiger charge is 2.11. The topological polar surface area (TPSA) is 63.3 Å². The second-order valence-electron chi connectivity index (χ2n) is 2.32.